The van der Waals surface area contributed by atoms with Gasteiger partial charge >= 0.3 is 0 Å². The van der Waals surface area contributed by atoms with Crippen molar-refractivity contribution < 1.29 is 4.79 Å². The van der Waals surface area contributed by atoms with E-state index < -0.39 is 0 Å². The lowest BCUT2D eigenvalue weighted by Crippen LogP contribution is -2.29. The molecule has 3 aromatic rings. The van der Waals surface area contributed by atoms with Crippen LogP contribution < -0.4 is 4.90 Å². The summed E-state index contributed by atoms with van der Waals surface area (Å²) in [4.78, 5) is 19.2. The Kier molecular flexibility index (Phi) is 4.44. The van der Waals surface area contributed by atoms with E-state index in [-0.39, 0.29) is 11.8 Å². The molecule has 0 N–H and O–H groups in total. The number of hydrogen-bond acceptors (Lipinski definition) is 3. The minimum Gasteiger partial charge on any atom is -0.274 e. The van der Waals surface area contributed by atoms with E-state index >= 15 is 0 Å². The summed E-state index contributed by atoms with van der Waals surface area (Å²) in [6, 6.07) is 16.1. The third-order valence-electron chi connectivity index (χ3n) is 3.79. The zero-order chi connectivity index (χ0) is 16.4. The highest BCUT2D eigenvalue weighted by Gasteiger charge is 2.23. The van der Waals surface area contributed by atoms with E-state index in [2.05, 4.69) is 24.0 Å². The first-order chi connectivity index (χ1) is 11.1. The second kappa shape index (κ2) is 6.50. The minimum atomic E-state index is -0.0899. The largest absolute Gasteiger partial charge is 0.274 e. The number of carbonyl (C=O) groups is 1. The molecule has 1 heterocycles. The predicted molar refractivity (Wildman–Crippen MR) is 97.4 cm³/mol. The molecule has 0 radical (unpaired) electrons. The van der Waals surface area contributed by atoms with Crippen LogP contribution in [0, 0.1) is 5.92 Å². The van der Waals surface area contributed by atoms with Crippen molar-refractivity contribution in [3.8, 4) is 0 Å². The standard InChI is InChI=1S/C19H20N2OS/c1-4-14-9-11-15(12-10-14)21(18(22)13(2)3)19-20-16-7-5-6-8-17(16)23-19/h5-13H,4H2,1-3H3. The highest BCUT2D eigenvalue weighted by atomic mass is 32.1. The zero-order valence-electron chi connectivity index (χ0n) is 13.6. The third kappa shape index (κ3) is 3.13. The van der Waals surface area contributed by atoms with Gasteiger partial charge in [-0.25, -0.2) is 4.98 Å². The van der Waals surface area contributed by atoms with E-state index in [1.165, 1.54) is 5.56 Å². The van der Waals surface area contributed by atoms with Crippen LogP contribution in [0.2, 0.25) is 0 Å². The van der Waals surface area contributed by atoms with E-state index in [1.807, 2.05) is 50.2 Å². The van der Waals surface area contributed by atoms with Crippen molar-refractivity contribution in [1.82, 2.24) is 4.98 Å². The quantitative estimate of drug-likeness (QED) is 0.662. The van der Waals surface area contributed by atoms with E-state index in [4.69, 9.17) is 0 Å². The fraction of sp³-hybridized carbons (Fsp3) is 0.263. The van der Waals surface area contributed by atoms with E-state index in [0.29, 0.717) is 0 Å². The van der Waals surface area contributed by atoms with Gasteiger partial charge in [0.1, 0.15) is 0 Å². The number of fused-ring (bicyclic) bond motifs is 1. The van der Waals surface area contributed by atoms with Gasteiger partial charge in [0.2, 0.25) is 5.91 Å². The fourth-order valence-corrected chi connectivity index (χ4v) is 3.42. The number of rotatable bonds is 4. The summed E-state index contributed by atoms with van der Waals surface area (Å²) in [7, 11) is 0. The van der Waals surface area contributed by atoms with Crippen molar-refractivity contribution in [3.05, 3.63) is 54.1 Å². The van der Waals surface area contributed by atoms with E-state index in [0.717, 1.165) is 27.5 Å². The van der Waals surface area contributed by atoms with E-state index in [1.54, 1.807) is 16.2 Å². The minimum absolute atomic E-state index is 0.0632. The first kappa shape index (κ1) is 15.7. The Morgan fingerprint density at radius 3 is 2.43 bits per heavy atom. The van der Waals surface area contributed by atoms with Crippen molar-refractivity contribution >= 4 is 38.3 Å². The molecule has 1 amide bonds. The smallest absolute Gasteiger partial charge is 0.235 e. The lowest BCUT2D eigenvalue weighted by molar-refractivity contribution is -0.120. The van der Waals surface area contributed by atoms with Gasteiger partial charge in [-0.05, 0) is 36.2 Å². The molecule has 0 saturated heterocycles. The fourth-order valence-electron chi connectivity index (χ4n) is 2.43. The van der Waals surface area contributed by atoms with Crippen LogP contribution in [0.1, 0.15) is 26.3 Å². The molecule has 0 aliphatic heterocycles. The topological polar surface area (TPSA) is 33.2 Å². The molecule has 118 valence electrons. The average Bonchev–Trinajstić information content (AvgIpc) is 2.99. The monoisotopic (exact) mass is 324 g/mol. The van der Waals surface area contributed by atoms with Gasteiger partial charge in [0.05, 0.1) is 15.9 Å². The molecule has 2 aromatic carbocycles. The molecule has 0 saturated carbocycles. The molecule has 23 heavy (non-hydrogen) atoms. The molecule has 4 heteroatoms. The van der Waals surface area contributed by atoms with Gasteiger partial charge in [-0.15, -0.1) is 0 Å². The number of thiazole rings is 1. The molecule has 0 aliphatic rings. The Morgan fingerprint density at radius 1 is 1.13 bits per heavy atom. The zero-order valence-corrected chi connectivity index (χ0v) is 14.4. The highest BCUT2D eigenvalue weighted by Crippen LogP contribution is 2.34. The second-order valence-corrected chi connectivity index (χ2v) is 6.82. The maximum absolute atomic E-state index is 12.8. The summed E-state index contributed by atoms with van der Waals surface area (Å²) in [5.41, 5.74) is 3.06. The summed E-state index contributed by atoms with van der Waals surface area (Å²) < 4.78 is 1.09. The summed E-state index contributed by atoms with van der Waals surface area (Å²) in [5.74, 6) is -0.0267. The summed E-state index contributed by atoms with van der Waals surface area (Å²) in [5, 5.41) is 0.731. The maximum atomic E-state index is 12.8. The number of aromatic nitrogens is 1. The molecule has 0 spiro atoms. The highest BCUT2D eigenvalue weighted by molar-refractivity contribution is 7.22. The summed E-state index contributed by atoms with van der Waals surface area (Å²) in [6.45, 7) is 5.96. The normalized spacial score (nSPS) is 11.1. The molecule has 0 fully saturated rings. The van der Waals surface area contributed by atoms with Gasteiger partial charge in [0.15, 0.2) is 5.13 Å². The number of anilines is 2. The number of amides is 1. The van der Waals surface area contributed by atoms with Crippen LogP contribution in [-0.2, 0) is 11.2 Å². The maximum Gasteiger partial charge on any atom is 0.235 e. The molecule has 1 aromatic heterocycles. The SMILES string of the molecule is CCc1ccc(N(C(=O)C(C)C)c2nc3ccccc3s2)cc1. The molecular formula is C19H20N2OS. The van der Waals surface area contributed by atoms with Crippen LogP contribution >= 0.6 is 11.3 Å². The second-order valence-electron chi connectivity index (χ2n) is 5.81. The van der Waals surface area contributed by atoms with Crippen LogP contribution in [0.15, 0.2) is 48.5 Å². The van der Waals surface area contributed by atoms with Crippen LogP contribution in [-0.4, -0.2) is 10.9 Å². The lowest BCUT2D eigenvalue weighted by Gasteiger charge is -2.22. The molecule has 0 bridgehead atoms. The molecule has 3 rings (SSSR count). The average molecular weight is 324 g/mol. The predicted octanol–water partition coefficient (Wildman–Crippen LogP) is 5.18. The van der Waals surface area contributed by atoms with Crippen molar-refractivity contribution in [2.45, 2.75) is 27.2 Å². The summed E-state index contributed by atoms with van der Waals surface area (Å²) >= 11 is 1.55. The van der Waals surface area contributed by atoms with Gasteiger partial charge in [-0.3, -0.25) is 9.69 Å². The van der Waals surface area contributed by atoms with Crippen LogP contribution in [0.25, 0.3) is 10.2 Å². The van der Waals surface area contributed by atoms with Crippen molar-refractivity contribution in [1.29, 1.82) is 0 Å². The van der Waals surface area contributed by atoms with E-state index in [9.17, 15) is 4.79 Å². The van der Waals surface area contributed by atoms with Gasteiger partial charge in [0, 0.05) is 5.92 Å². The van der Waals surface area contributed by atoms with Gasteiger partial charge < -0.3 is 0 Å². The molecule has 3 nitrogen and oxygen atoms in total. The Hall–Kier alpha value is -2.20. The van der Waals surface area contributed by atoms with Crippen LogP contribution in [0.5, 0.6) is 0 Å². The van der Waals surface area contributed by atoms with Crippen LogP contribution in [0.4, 0.5) is 10.8 Å². The van der Waals surface area contributed by atoms with Crippen molar-refractivity contribution in [2.24, 2.45) is 5.92 Å². The number of hydrogen-bond donors (Lipinski definition) is 0. The number of benzene rings is 2. The Balaban J connectivity index is 2.09. The molecule has 0 aliphatic carbocycles. The lowest BCUT2D eigenvalue weighted by atomic mass is 10.1. The van der Waals surface area contributed by atoms with Crippen molar-refractivity contribution in [3.63, 3.8) is 0 Å². The number of aryl methyl sites for hydroxylation is 1. The van der Waals surface area contributed by atoms with Crippen LogP contribution in [0.3, 0.4) is 0 Å². The number of nitrogens with zero attached hydrogens (tertiary/aromatic N) is 2. The third-order valence-corrected chi connectivity index (χ3v) is 4.81. The Bertz CT molecular complexity index is 788. The summed E-state index contributed by atoms with van der Waals surface area (Å²) in [6.07, 6.45) is 0.986. The molecule has 0 atom stereocenters. The van der Waals surface area contributed by atoms with Crippen molar-refractivity contribution in [2.75, 3.05) is 4.90 Å². The molecule has 0 unspecified atom stereocenters. The molecular weight excluding hydrogens is 304 g/mol. The van der Waals surface area contributed by atoms with Gasteiger partial charge in [-0.2, -0.15) is 0 Å². The van der Waals surface area contributed by atoms with Gasteiger partial charge in [-0.1, -0.05) is 56.4 Å². The first-order valence-corrected chi connectivity index (χ1v) is 8.70. The number of carbonyl (C=O) groups excluding carboxylic acids is 1. The first-order valence-electron chi connectivity index (χ1n) is 7.88. The Morgan fingerprint density at radius 2 is 1.83 bits per heavy atom. The Labute approximate surface area is 140 Å². The number of para-hydroxylation sites is 1. The van der Waals surface area contributed by atoms with Gasteiger partial charge in [0.25, 0.3) is 0 Å².